The van der Waals surface area contributed by atoms with E-state index < -0.39 is 0 Å². The van der Waals surface area contributed by atoms with Gasteiger partial charge in [0.1, 0.15) is 0 Å². The summed E-state index contributed by atoms with van der Waals surface area (Å²) in [6.07, 6.45) is 3.95. The minimum absolute atomic E-state index is 0.0777. The topological polar surface area (TPSA) is 33.2 Å². The van der Waals surface area contributed by atoms with E-state index in [0.29, 0.717) is 0 Å². The molecule has 0 atom stereocenters. The average Bonchev–Trinajstić information content (AvgIpc) is 2.54. The molecule has 0 N–H and O–H groups in total. The van der Waals surface area contributed by atoms with Gasteiger partial charge in [0, 0.05) is 24.3 Å². The maximum absolute atomic E-state index is 12.4. The van der Waals surface area contributed by atoms with Crippen molar-refractivity contribution in [3.63, 3.8) is 0 Å². The lowest BCUT2D eigenvalue weighted by Gasteiger charge is -2.18. The summed E-state index contributed by atoms with van der Waals surface area (Å²) in [5.41, 5.74) is 3.64. The Bertz CT molecular complexity index is 673. The number of rotatable bonds is 5. The van der Waals surface area contributed by atoms with Crippen molar-refractivity contribution in [2.24, 2.45) is 0 Å². The Morgan fingerprint density at radius 1 is 1.09 bits per heavy atom. The molecule has 0 unspecified atom stereocenters. The second-order valence-corrected chi connectivity index (χ2v) is 5.14. The lowest BCUT2D eigenvalue weighted by molar-refractivity contribution is 0.0773. The van der Waals surface area contributed by atoms with Crippen LogP contribution in [0.4, 0.5) is 0 Å². The van der Waals surface area contributed by atoms with Gasteiger partial charge in [-0.1, -0.05) is 24.3 Å². The first kappa shape index (κ1) is 16.0. The molecule has 1 amide bonds. The highest BCUT2D eigenvalue weighted by atomic mass is 16.2. The minimum atomic E-state index is 0.0777. The summed E-state index contributed by atoms with van der Waals surface area (Å²) in [5.74, 6) is 0.0777. The van der Waals surface area contributed by atoms with Gasteiger partial charge < -0.3 is 4.90 Å². The molecule has 1 aromatic heterocycles. The summed E-state index contributed by atoms with van der Waals surface area (Å²) >= 11 is 0. The highest BCUT2D eigenvalue weighted by Crippen LogP contribution is 2.12. The Labute approximate surface area is 132 Å². The van der Waals surface area contributed by atoms with E-state index in [0.717, 1.165) is 35.6 Å². The van der Waals surface area contributed by atoms with Crippen LogP contribution in [0.25, 0.3) is 12.2 Å². The third kappa shape index (κ3) is 4.04. The molecule has 0 aliphatic carbocycles. The molecule has 0 saturated heterocycles. The molecule has 3 nitrogen and oxygen atoms in total. The fraction of sp³-hybridized carbons (Fsp3) is 0.263. The number of carbonyl (C=O) groups is 1. The number of carbonyl (C=O) groups excluding carboxylic acids is 1. The summed E-state index contributed by atoms with van der Waals surface area (Å²) in [5, 5.41) is 0. The molecule has 0 fully saturated rings. The minimum Gasteiger partial charge on any atom is -0.339 e. The lowest BCUT2D eigenvalue weighted by Crippen LogP contribution is -2.30. The molecule has 2 aromatic rings. The van der Waals surface area contributed by atoms with Gasteiger partial charge in [-0.25, -0.2) is 0 Å². The highest BCUT2D eigenvalue weighted by Gasteiger charge is 2.11. The van der Waals surface area contributed by atoms with E-state index in [2.05, 4.69) is 4.98 Å². The molecular formula is C19H22N2O. The van der Waals surface area contributed by atoms with Crippen molar-refractivity contribution in [1.29, 1.82) is 0 Å². The molecule has 114 valence electrons. The molecule has 2 rings (SSSR count). The molecule has 3 heteroatoms. The first-order valence-corrected chi connectivity index (χ1v) is 7.65. The third-order valence-corrected chi connectivity index (χ3v) is 3.54. The predicted molar refractivity (Wildman–Crippen MR) is 91.6 cm³/mol. The Balaban J connectivity index is 2.20. The molecule has 1 aromatic carbocycles. The van der Waals surface area contributed by atoms with E-state index in [1.54, 1.807) is 0 Å². The Kier molecular flexibility index (Phi) is 5.48. The van der Waals surface area contributed by atoms with Crippen molar-refractivity contribution in [2.45, 2.75) is 20.8 Å². The van der Waals surface area contributed by atoms with Crippen LogP contribution in [0.2, 0.25) is 0 Å². The van der Waals surface area contributed by atoms with Crippen LogP contribution < -0.4 is 0 Å². The number of benzene rings is 1. The highest BCUT2D eigenvalue weighted by molar-refractivity contribution is 5.95. The first-order chi connectivity index (χ1) is 10.6. The van der Waals surface area contributed by atoms with Crippen LogP contribution >= 0.6 is 0 Å². The Hall–Kier alpha value is -2.42. The van der Waals surface area contributed by atoms with Gasteiger partial charge in [-0.05, 0) is 56.7 Å². The summed E-state index contributed by atoms with van der Waals surface area (Å²) < 4.78 is 0. The zero-order valence-corrected chi connectivity index (χ0v) is 13.4. The van der Waals surface area contributed by atoms with Crippen molar-refractivity contribution >= 4 is 18.1 Å². The average molecular weight is 294 g/mol. The number of pyridine rings is 1. The smallest absolute Gasteiger partial charge is 0.253 e. The fourth-order valence-electron chi connectivity index (χ4n) is 2.31. The molecule has 0 saturated carbocycles. The van der Waals surface area contributed by atoms with Gasteiger partial charge in [0.25, 0.3) is 5.91 Å². The van der Waals surface area contributed by atoms with Crippen molar-refractivity contribution in [1.82, 2.24) is 9.88 Å². The summed E-state index contributed by atoms with van der Waals surface area (Å²) in [4.78, 5) is 18.6. The SMILES string of the molecule is CCN(CC)C(=O)c1cccc(/C=C/c2cccc(C)n2)c1. The number of amides is 1. The van der Waals surface area contributed by atoms with E-state index in [4.69, 9.17) is 0 Å². The Morgan fingerprint density at radius 2 is 1.82 bits per heavy atom. The van der Waals surface area contributed by atoms with Crippen molar-refractivity contribution in [3.05, 3.63) is 65.0 Å². The third-order valence-electron chi connectivity index (χ3n) is 3.54. The maximum atomic E-state index is 12.4. The monoisotopic (exact) mass is 294 g/mol. The number of nitrogens with zero attached hydrogens (tertiary/aromatic N) is 2. The summed E-state index contributed by atoms with van der Waals surface area (Å²) in [7, 11) is 0. The second-order valence-electron chi connectivity index (χ2n) is 5.14. The van der Waals surface area contributed by atoms with Gasteiger partial charge in [0.05, 0.1) is 5.69 Å². The molecular weight excluding hydrogens is 272 g/mol. The number of aromatic nitrogens is 1. The van der Waals surface area contributed by atoms with Gasteiger partial charge in [0.15, 0.2) is 0 Å². The lowest BCUT2D eigenvalue weighted by atomic mass is 10.1. The Morgan fingerprint density at radius 3 is 2.50 bits per heavy atom. The molecule has 22 heavy (non-hydrogen) atoms. The van der Waals surface area contributed by atoms with Crippen molar-refractivity contribution < 1.29 is 4.79 Å². The fourth-order valence-corrected chi connectivity index (χ4v) is 2.31. The second kappa shape index (κ2) is 7.55. The van der Waals surface area contributed by atoms with E-state index in [9.17, 15) is 4.79 Å². The van der Waals surface area contributed by atoms with E-state index in [-0.39, 0.29) is 5.91 Å². The maximum Gasteiger partial charge on any atom is 0.253 e. The van der Waals surface area contributed by atoms with Gasteiger partial charge in [-0.2, -0.15) is 0 Å². The van der Waals surface area contributed by atoms with Gasteiger partial charge in [-0.3, -0.25) is 9.78 Å². The van der Waals surface area contributed by atoms with Gasteiger partial charge in [-0.15, -0.1) is 0 Å². The van der Waals surface area contributed by atoms with Crippen LogP contribution in [-0.2, 0) is 0 Å². The van der Waals surface area contributed by atoms with Crippen LogP contribution in [0.3, 0.4) is 0 Å². The summed E-state index contributed by atoms with van der Waals surface area (Å²) in [6.45, 7) is 7.41. The molecule has 0 aliphatic rings. The first-order valence-electron chi connectivity index (χ1n) is 7.65. The van der Waals surface area contributed by atoms with Crippen LogP contribution in [0.15, 0.2) is 42.5 Å². The van der Waals surface area contributed by atoms with E-state index >= 15 is 0 Å². The van der Waals surface area contributed by atoms with Gasteiger partial charge in [0.2, 0.25) is 0 Å². The van der Waals surface area contributed by atoms with Gasteiger partial charge >= 0.3 is 0 Å². The van der Waals surface area contributed by atoms with Crippen molar-refractivity contribution in [3.8, 4) is 0 Å². The molecule has 0 spiro atoms. The van der Waals surface area contributed by atoms with E-state index in [1.807, 2.05) is 80.3 Å². The van der Waals surface area contributed by atoms with Crippen molar-refractivity contribution in [2.75, 3.05) is 13.1 Å². The number of hydrogen-bond acceptors (Lipinski definition) is 2. The van der Waals surface area contributed by atoms with Crippen LogP contribution in [0.5, 0.6) is 0 Å². The zero-order valence-electron chi connectivity index (χ0n) is 13.4. The normalized spacial score (nSPS) is 10.9. The van der Waals surface area contributed by atoms with E-state index in [1.165, 1.54) is 0 Å². The number of aryl methyl sites for hydroxylation is 1. The predicted octanol–water partition coefficient (Wildman–Crippen LogP) is 4.04. The van der Waals surface area contributed by atoms with Crippen LogP contribution in [-0.4, -0.2) is 28.9 Å². The molecule has 0 aliphatic heterocycles. The quantitative estimate of drug-likeness (QED) is 0.833. The molecule has 1 heterocycles. The molecule has 0 radical (unpaired) electrons. The largest absolute Gasteiger partial charge is 0.339 e. The zero-order chi connectivity index (χ0) is 15.9. The van der Waals surface area contributed by atoms with Crippen LogP contribution in [0.1, 0.15) is 41.2 Å². The van der Waals surface area contributed by atoms with Crippen LogP contribution in [0, 0.1) is 6.92 Å². The number of hydrogen-bond donors (Lipinski definition) is 0. The molecule has 0 bridgehead atoms. The standard InChI is InChI=1S/C19H22N2O/c1-4-21(5-2)19(22)17-10-7-9-16(14-17)12-13-18-11-6-8-15(3)20-18/h6-14H,4-5H2,1-3H3/b13-12+. The summed E-state index contributed by atoms with van der Waals surface area (Å²) in [6, 6.07) is 13.6.